The van der Waals surface area contributed by atoms with Crippen LogP contribution in [-0.4, -0.2) is 11.6 Å². The summed E-state index contributed by atoms with van der Waals surface area (Å²) in [5, 5.41) is 1.31. The van der Waals surface area contributed by atoms with Crippen molar-refractivity contribution >= 4 is 50.9 Å². The van der Waals surface area contributed by atoms with Gasteiger partial charge in [0.15, 0.2) is 5.75 Å². The summed E-state index contributed by atoms with van der Waals surface area (Å²) in [5.41, 5.74) is 2.18. The summed E-state index contributed by atoms with van der Waals surface area (Å²) >= 11 is 17.5. The molecular weight excluding hydrogens is 453 g/mol. The highest BCUT2D eigenvalue weighted by molar-refractivity contribution is 9.10. The van der Waals surface area contributed by atoms with Crippen molar-refractivity contribution in [2.24, 2.45) is 0 Å². The molecule has 0 saturated carbocycles. The summed E-state index contributed by atoms with van der Waals surface area (Å²) in [4.78, 5) is 5.43. The van der Waals surface area contributed by atoms with Gasteiger partial charge in [0.2, 0.25) is 0 Å². The molecule has 0 aliphatic rings. The van der Waals surface area contributed by atoms with Gasteiger partial charge in [0.1, 0.15) is 4.60 Å². The van der Waals surface area contributed by atoms with E-state index in [9.17, 15) is 0 Å². The maximum atomic E-state index is 6.21. The normalized spacial score (nSPS) is 10.7. The third-order valence-corrected chi connectivity index (χ3v) is 6.24. The van der Waals surface area contributed by atoms with Gasteiger partial charge in [0.25, 0.3) is 0 Å². The molecular formula is C20H16BrCl2NOS. The summed E-state index contributed by atoms with van der Waals surface area (Å²) in [6.45, 7) is 0.605. The molecule has 2 aromatic carbocycles. The van der Waals surface area contributed by atoms with Crippen molar-refractivity contribution < 1.29 is 4.74 Å². The van der Waals surface area contributed by atoms with Gasteiger partial charge in [-0.05, 0) is 45.8 Å². The van der Waals surface area contributed by atoms with E-state index >= 15 is 0 Å². The van der Waals surface area contributed by atoms with Crippen LogP contribution in [0, 0.1) is 0 Å². The number of aromatic nitrogens is 1. The van der Waals surface area contributed by atoms with Crippen LogP contribution < -0.4 is 4.74 Å². The number of hydrogen-bond donors (Lipinski definition) is 0. The number of benzene rings is 2. The number of hydrogen-bond acceptors (Lipinski definition) is 3. The summed E-state index contributed by atoms with van der Waals surface area (Å²) in [5.74, 6) is 1.41. The van der Waals surface area contributed by atoms with Crippen LogP contribution in [0.1, 0.15) is 11.3 Å². The molecule has 0 atom stereocenters. The van der Waals surface area contributed by atoms with Crippen molar-refractivity contribution in [1.29, 1.82) is 0 Å². The third kappa shape index (κ3) is 5.40. The highest BCUT2D eigenvalue weighted by Gasteiger charge is 2.09. The average Bonchev–Trinajstić information content (AvgIpc) is 2.64. The molecule has 0 saturated heterocycles. The molecule has 0 radical (unpaired) electrons. The molecule has 0 bridgehead atoms. The summed E-state index contributed by atoms with van der Waals surface area (Å²) in [6, 6.07) is 19.7. The highest BCUT2D eigenvalue weighted by Crippen LogP contribution is 2.36. The Balaban J connectivity index is 1.57. The number of halogens is 3. The molecule has 1 aromatic heterocycles. The Kier molecular flexibility index (Phi) is 7.26. The summed E-state index contributed by atoms with van der Waals surface area (Å²) < 4.78 is 6.54. The fourth-order valence-electron chi connectivity index (χ4n) is 2.34. The van der Waals surface area contributed by atoms with Gasteiger partial charge in [-0.2, -0.15) is 0 Å². The molecule has 3 rings (SSSR count). The monoisotopic (exact) mass is 467 g/mol. The number of thioether (sulfide) groups is 1. The lowest BCUT2D eigenvalue weighted by Gasteiger charge is -2.10. The molecule has 0 fully saturated rings. The van der Waals surface area contributed by atoms with E-state index in [1.165, 1.54) is 5.56 Å². The van der Waals surface area contributed by atoms with Crippen LogP contribution in [0.2, 0.25) is 10.0 Å². The Labute approximate surface area is 176 Å². The largest absolute Gasteiger partial charge is 0.490 e. The minimum atomic E-state index is 0.605. The minimum Gasteiger partial charge on any atom is -0.490 e. The molecule has 26 heavy (non-hydrogen) atoms. The maximum absolute atomic E-state index is 6.21. The van der Waals surface area contributed by atoms with Gasteiger partial charge >= 0.3 is 0 Å². The van der Waals surface area contributed by atoms with Crippen LogP contribution in [0.5, 0.6) is 5.75 Å². The van der Waals surface area contributed by atoms with Crippen molar-refractivity contribution in [2.45, 2.75) is 17.1 Å². The fourth-order valence-corrected chi connectivity index (χ4v) is 4.40. The lowest BCUT2D eigenvalue weighted by Crippen LogP contribution is -2.03. The van der Waals surface area contributed by atoms with Crippen LogP contribution in [0.4, 0.5) is 0 Å². The summed E-state index contributed by atoms with van der Waals surface area (Å²) in [6.07, 6.45) is 0.857. The van der Waals surface area contributed by atoms with Crippen molar-refractivity contribution in [3.8, 4) is 5.75 Å². The molecule has 0 unspecified atom stereocenters. The van der Waals surface area contributed by atoms with Gasteiger partial charge in [-0.15, -0.1) is 11.8 Å². The number of rotatable bonds is 7. The SMILES string of the molecule is Clc1cccc(Cl)c1SCc1ccc(OCCc2ccccc2)c(Br)n1. The van der Waals surface area contributed by atoms with Gasteiger partial charge in [0.05, 0.1) is 22.3 Å². The van der Waals surface area contributed by atoms with Crippen LogP contribution in [0.25, 0.3) is 0 Å². The number of ether oxygens (including phenoxy) is 1. The Hall–Kier alpha value is -1.20. The fraction of sp³-hybridized carbons (Fsp3) is 0.150. The van der Waals surface area contributed by atoms with Crippen molar-refractivity contribution in [2.75, 3.05) is 6.61 Å². The topological polar surface area (TPSA) is 22.1 Å². The zero-order valence-corrected chi connectivity index (χ0v) is 17.7. The molecule has 3 aromatic rings. The smallest absolute Gasteiger partial charge is 0.152 e. The van der Waals surface area contributed by atoms with Crippen molar-refractivity contribution in [3.63, 3.8) is 0 Å². The zero-order chi connectivity index (χ0) is 18.4. The van der Waals surface area contributed by atoms with E-state index in [0.717, 1.165) is 22.8 Å². The lowest BCUT2D eigenvalue weighted by atomic mass is 10.2. The second-order valence-electron chi connectivity index (χ2n) is 5.52. The Morgan fingerprint density at radius 1 is 0.923 bits per heavy atom. The molecule has 0 amide bonds. The van der Waals surface area contributed by atoms with Crippen LogP contribution in [0.3, 0.4) is 0 Å². The van der Waals surface area contributed by atoms with E-state index in [1.807, 2.05) is 48.5 Å². The standard InChI is InChI=1S/C20H16BrCl2NOS/c21-20-18(25-12-11-14-5-2-1-3-6-14)10-9-15(24-20)13-26-19-16(22)7-4-8-17(19)23/h1-10H,11-13H2. The van der Waals surface area contributed by atoms with E-state index in [4.69, 9.17) is 27.9 Å². The first kappa shape index (κ1) is 19.6. The van der Waals surface area contributed by atoms with Gasteiger partial charge in [0, 0.05) is 17.1 Å². The van der Waals surface area contributed by atoms with Crippen LogP contribution >= 0.6 is 50.9 Å². The molecule has 134 valence electrons. The Morgan fingerprint density at radius 3 is 2.35 bits per heavy atom. The molecule has 0 spiro atoms. The van der Waals surface area contributed by atoms with Crippen LogP contribution in [-0.2, 0) is 12.2 Å². The van der Waals surface area contributed by atoms with Gasteiger partial charge in [-0.1, -0.05) is 59.6 Å². The Morgan fingerprint density at radius 2 is 1.65 bits per heavy atom. The van der Waals surface area contributed by atoms with E-state index in [2.05, 4.69) is 33.0 Å². The average molecular weight is 469 g/mol. The maximum Gasteiger partial charge on any atom is 0.152 e. The lowest BCUT2D eigenvalue weighted by molar-refractivity contribution is 0.318. The van der Waals surface area contributed by atoms with Gasteiger partial charge in [-0.25, -0.2) is 4.98 Å². The van der Waals surface area contributed by atoms with E-state index in [-0.39, 0.29) is 0 Å². The Bertz CT molecular complexity index is 857. The highest BCUT2D eigenvalue weighted by atomic mass is 79.9. The second-order valence-corrected chi connectivity index (χ2v) is 8.07. The third-order valence-electron chi connectivity index (χ3n) is 3.65. The van der Waals surface area contributed by atoms with Crippen molar-refractivity contribution in [3.05, 3.63) is 86.6 Å². The molecule has 2 nitrogen and oxygen atoms in total. The first-order valence-electron chi connectivity index (χ1n) is 8.02. The zero-order valence-electron chi connectivity index (χ0n) is 13.8. The molecule has 6 heteroatoms. The van der Waals surface area contributed by atoms with E-state index < -0.39 is 0 Å². The van der Waals surface area contributed by atoms with E-state index in [1.54, 1.807) is 11.8 Å². The minimum absolute atomic E-state index is 0.605. The first-order chi connectivity index (χ1) is 12.6. The van der Waals surface area contributed by atoms with Crippen molar-refractivity contribution in [1.82, 2.24) is 4.98 Å². The van der Waals surface area contributed by atoms with Gasteiger partial charge in [-0.3, -0.25) is 0 Å². The summed E-state index contributed by atoms with van der Waals surface area (Å²) in [7, 11) is 0. The molecule has 0 aliphatic carbocycles. The van der Waals surface area contributed by atoms with Crippen LogP contribution in [0.15, 0.2) is 70.2 Å². The molecule has 0 N–H and O–H groups in total. The number of pyridine rings is 1. The predicted octanol–water partition coefficient (Wildman–Crippen LogP) is 7.06. The molecule has 1 heterocycles. The second kappa shape index (κ2) is 9.65. The first-order valence-corrected chi connectivity index (χ1v) is 10.6. The quantitative estimate of drug-likeness (QED) is 0.273. The van der Waals surface area contributed by atoms with Gasteiger partial charge < -0.3 is 4.74 Å². The predicted molar refractivity (Wildman–Crippen MR) is 114 cm³/mol. The van der Waals surface area contributed by atoms with E-state index in [0.29, 0.717) is 27.0 Å². The molecule has 0 aliphatic heterocycles. The number of nitrogens with zero attached hydrogens (tertiary/aromatic N) is 1.